The van der Waals surface area contributed by atoms with Crippen molar-refractivity contribution >= 4 is 0 Å². The first-order chi connectivity index (χ1) is 8.63. The summed E-state index contributed by atoms with van der Waals surface area (Å²) in [6.45, 7) is 14.9. The maximum absolute atomic E-state index is 6.00. The third-order valence-corrected chi connectivity index (χ3v) is 4.67. The third kappa shape index (κ3) is 4.22. The van der Waals surface area contributed by atoms with Crippen molar-refractivity contribution in [2.75, 3.05) is 32.7 Å². The first-order valence-corrected chi connectivity index (χ1v) is 7.82. The molecule has 108 valence electrons. The van der Waals surface area contributed by atoms with Crippen molar-refractivity contribution in [2.45, 2.75) is 59.0 Å². The summed E-state index contributed by atoms with van der Waals surface area (Å²) >= 11 is 0. The van der Waals surface area contributed by atoms with Gasteiger partial charge in [0.05, 0.1) is 0 Å². The van der Waals surface area contributed by atoms with Crippen molar-refractivity contribution < 1.29 is 0 Å². The largest absolute Gasteiger partial charge is 0.329 e. The van der Waals surface area contributed by atoms with Crippen molar-refractivity contribution in [1.82, 2.24) is 9.80 Å². The normalized spacial score (nSPS) is 23.8. The van der Waals surface area contributed by atoms with Crippen LogP contribution in [0.5, 0.6) is 0 Å². The summed E-state index contributed by atoms with van der Waals surface area (Å²) in [5.41, 5.74) is 6.00. The molecule has 0 amide bonds. The smallest absolute Gasteiger partial charge is 0.0245 e. The van der Waals surface area contributed by atoms with E-state index in [0.29, 0.717) is 6.04 Å². The molecule has 1 fully saturated rings. The van der Waals surface area contributed by atoms with E-state index < -0.39 is 0 Å². The first-order valence-electron chi connectivity index (χ1n) is 7.82. The Morgan fingerprint density at radius 2 is 1.56 bits per heavy atom. The molecule has 0 aliphatic carbocycles. The summed E-state index contributed by atoms with van der Waals surface area (Å²) in [6, 6.07) is 1.32. The van der Waals surface area contributed by atoms with Gasteiger partial charge in [0.15, 0.2) is 0 Å². The second-order valence-corrected chi connectivity index (χ2v) is 5.90. The molecule has 0 aromatic carbocycles. The van der Waals surface area contributed by atoms with Crippen molar-refractivity contribution in [3.05, 3.63) is 0 Å². The molecule has 0 aromatic heterocycles. The first kappa shape index (κ1) is 15.9. The topological polar surface area (TPSA) is 32.5 Å². The van der Waals surface area contributed by atoms with Crippen LogP contribution in [0, 0.1) is 5.92 Å². The Hall–Kier alpha value is -0.120. The summed E-state index contributed by atoms with van der Waals surface area (Å²) in [5.74, 6) is 0.732. The molecule has 2 N–H and O–H groups in total. The molecule has 1 aliphatic rings. The number of hydrogen-bond acceptors (Lipinski definition) is 3. The third-order valence-electron chi connectivity index (χ3n) is 4.67. The van der Waals surface area contributed by atoms with Crippen LogP contribution in [0.1, 0.15) is 47.0 Å². The van der Waals surface area contributed by atoms with E-state index in [1.54, 1.807) is 0 Å². The highest BCUT2D eigenvalue weighted by Gasteiger charge is 2.27. The molecule has 0 spiro atoms. The molecule has 1 heterocycles. The monoisotopic (exact) mass is 255 g/mol. The van der Waals surface area contributed by atoms with Crippen molar-refractivity contribution in [2.24, 2.45) is 11.7 Å². The highest BCUT2D eigenvalue weighted by Crippen LogP contribution is 2.18. The van der Waals surface area contributed by atoms with E-state index >= 15 is 0 Å². The Balaban J connectivity index is 2.44. The van der Waals surface area contributed by atoms with E-state index in [1.165, 1.54) is 45.4 Å². The van der Waals surface area contributed by atoms with Crippen LogP contribution >= 0.6 is 0 Å². The summed E-state index contributed by atoms with van der Waals surface area (Å²) in [4.78, 5) is 5.24. The number of nitrogens with zero attached hydrogens (tertiary/aromatic N) is 2. The molecule has 0 saturated carbocycles. The lowest BCUT2D eigenvalue weighted by molar-refractivity contribution is 0.0556. The lowest BCUT2D eigenvalue weighted by Crippen LogP contribution is -2.55. The van der Waals surface area contributed by atoms with E-state index in [4.69, 9.17) is 5.73 Å². The molecular formula is C15H33N3. The molecule has 0 radical (unpaired) electrons. The fraction of sp³-hybridized carbons (Fsp3) is 1.00. The predicted octanol–water partition coefficient (Wildman–Crippen LogP) is 2.17. The Kier molecular flexibility index (Phi) is 7.20. The number of piperazine rings is 1. The second kappa shape index (κ2) is 8.13. The minimum atomic E-state index is 0.587. The van der Waals surface area contributed by atoms with Crippen LogP contribution in [0.3, 0.4) is 0 Å². The quantitative estimate of drug-likeness (QED) is 0.757. The molecule has 3 atom stereocenters. The molecular weight excluding hydrogens is 222 g/mol. The Morgan fingerprint density at radius 1 is 1.00 bits per heavy atom. The molecule has 3 unspecified atom stereocenters. The molecule has 3 nitrogen and oxygen atoms in total. The van der Waals surface area contributed by atoms with Crippen LogP contribution in [0.25, 0.3) is 0 Å². The summed E-state index contributed by atoms with van der Waals surface area (Å²) in [5, 5.41) is 0. The van der Waals surface area contributed by atoms with Crippen LogP contribution < -0.4 is 5.73 Å². The molecule has 1 rings (SSSR count). The standard InChI is InChI=1S/C15H33N3/c1-5-7-13(3)15(12-16)18-10-8-17(9-11-18)14(4)6-2/h13-15H,5-12,16H2,1-4H3. The lowest BCUT2D eigenvalue weighted by Gasteiger charge is -2.43. The van der Waals surface area contributed by atoms with Gasteiger partial charge in [-0.3, -0.25) is 9.80 Å². The number of hydrogen-bond donors (Lipinski definition) is 1. The maximum Gasteiger partial charge on any atom is 0.0245 e. The average Bonchev–Trinajstić information content (AvgIpc) is 2.40. The van der Waals surface area contributed by atoms with Crippen molar-refractivity contribution in [3.63, 3.8) is 0 Å². The van der Waals surface area contributed by atoms with Crippen molar-refractivity contribution in [3.8, 4) is 0 Å². The van der Waals surface area contributed by atoms with Gasteiger partial charge < -0.3 is 5.73 Å². The molecule has 0 bridgehead atoms. The zero-order valence-corrected chi connectivity index (χ0v) is 12.9. The van der Waals surface area contributed by atoms with Crippen LogP contribution in [0.2, 0.25) is 0 Å². The fourth-order valence-corrected chi connectivity index (χ4v) is 3.16. The minimum absolute atomic E-state index is 0.587. The van der Waals surface area contributed by atoms with Gasteiger partial charge in [-0.05, 0) is 25.7 Å². The molecule has 0 aromatic rings. The summed E-state index contributed by atoms with van der Waals surface area (Å²) < 4.78 is 0. The highest BCUT2D eigenvalue weighted by atomic mass is 15.3. The van der Waals surface area contributed by atoms with Crippen LogP contribution in [-0.2, 0) is 0 Å². The molecule has 18 heavy (non-hydrogen) atoms. The predicted molar refractivity (Wildman–Crippen MR) is 79.8 cm³/mol. The number of rotatable bonds is 7. The fourth-order valence-electron chi connectivity index (χ4n) is 3.16. The Morgan fingerprint density at radius 3 is 2.00 bits per heavy atom. The van der Waals surface area contributed by atoms with Gasteiger partial charge in [-0.25, -0.2) is 0 Å². The molecule has 1 saturated heterocycles. The van der Waals surface area contributed by atoms with E-state index in [2.05, 4.69) is 37.5 Å². The Bertz CT molecular complexity index is 212. The average molecular weight is 255 g/mol. The van der Waals surface area contributed by atoms with Crippen LogP contribution in [0.4, 0.5) is 0 Å². The van der Waals surface area contributed by atoms with Crippen LogP contribution in [0.15, 0.2) is 0 Å². The van der Waals surface area contributed by atoms with Crippen molar-refractivity contribution in [1.29, 1.82) is 0 Å². The van der Waals surface area contributed by atoms with Gasteiger partial charge in [-0.2, -0.15) is 0 Å². The molecule has 1 aliphatic heterocycles. The second-order valence-electron chi connectivity index (χ2n) is 5.90. The van der Waals surface area contributed by atoms with Gasteiger partial charge in [0.25, 0.3) is 0 Å². The van der Waals surface area contributed by atoms with Gasteiger partial charge in [0.1, 0.15) is 0 Å². The SMILES string of the molecule is CCCC(C)C(CN)N1CCN(C(C)CC)CC1. The van der Waals surface area contributed by atoms with E-state index in [9.17, 15) is 0 Å². The van der Waals surface area contributed by atoms with Crippen LogP contribution in [-0.4, -0.2) is 54.6 Å². The van der Waals surface area contributed by atoms with Gasteiger partial charge in [-0.15, -0.1) is 0 Å². The minimum Gasteiger partial charge on any atom is -0.329 e. The number of nitrogens with two attached hydrogens (primary N) is 1. The molecule has 3 heteroatoms. The van der Waals surface area contributed by atoms with Gasteiger partial charge in [-0.1, -0.05) is 27.2 Å². The highest BCUT2D eigenvalue weighted by molar-refractivity contribution is 4.83. The summed E-state index contributed by atoms with van der Waals surface area (Å²) in [7, 11) is 0. The van der Waals surface area contributed by atoms with Gasteiger partial charge in [0, 0.05) is 44.8 Å². The lowest BCUT2D eigenvalue weighted by atomic mass is 9.95. The maximum atomic E-state index is 6.00. The zero-order valence-electron chi connectivity index (χ0n) is 12.9. The van der Waals surface area contributed by atoms with Gasteiger partial charge >= 0.3 is 0 Å². The Labute approximate surface area is 114 Å². The van der Waals surface area contributed by atoms with Gasteiger partial charge in [0.2, 0.25) is 0 Å². The van der Waals surface area contributed by atoms with E-state index in [0.717, 1.165) is 18.5 Å². The van der Waals surface area contributed by atoms with E-state index in [1.807, 2.05) is 0 Å². The van der Waals surface area contributed by atoms with E-state index in [-0.39, 0.29) is 0 Å². The summed E-state index contributed by atoms with van der Waals surface area (Å²) in [6.07, 6.45) is 3.82. The zero-order chi connectivity index (χ0) is 13.5.